The predicted molar refractivity (Wildman–Crippen MR) is 118 cm³/mol. The minimum atomic E-state index is 0.152. The molecule has 1 aliphatic heterocycles. The molecule has 0 saturated heterocycles. The second kappa shape index (κ2) is 8.03. The third kappa shape index (κ3) is 3.57. The van der Waals surface area contributed by atoms with E-state index in [9.17, 15) is 0 Å². The lowest BCUT2D eigenvalue weighted by molar-refractivity contribution is 0.195. The van der Waals surface area contributed by atoms with Crippen LogP contribution in [0.15, 0.2) is 90.1 Å². The first-order valence-electron chi connectivity index (χ1n) is 9.46. The summed E-state index contributed by atoms with van der Waals surface area (Å²) < 4.78 is 2.16. The van der Waals surface area contributed by atoms with Crippen molar-refractivity contribution in [3.05, 3.63) is 101 Å². The summed E-state index contributed by atoms with van der Waals surface area (Å²) in [7, 11) is 0. The van der Waals surface area contributed by atoms with E-state index in [2.05, 4.69) is 80.3 Å². The Morgan fingerprint density at radius 3 is 2.07 bits per heavy atom. The van der Waals surface area contributed by atoms with E-state index in [1.165, 1.54) is 11.1 Å². The third-order valence-electron chi connectivity index (χ3n) is 5.11. The predicted octanol–water partition coefficient (Wildman–Crippen LogP) is 5.71. The fourth-order valence-electron chi connectivity index (χ4n) is 3.77. The summed E-state index contributed by atoms with van der Waals surface area (Å²) in [5, 5.41) is 10.5. The van der Waals surface area contributed by atoms with Gasteiger partial charge in [-0.25, -0.2) is 0 Å². The number of fused-ring (bicyclic) bond motifs is 1. The molecule has 29 heavy (non-hydrogen) atoms. The van der Waals surface area contributed by atoms with E-state index >= 15 is 0 Å². The van der Waals surface area contributed by atoms with Crippen LogP contribution in [0.1, 0.15) is 17.2 Å². The van der Waals surface area contributed by atoms with Gasteiger partial charge in [0.1, 0.15) is 0 Å². The standard InChI is InChI=1S/C23H19ClN4S/c24-20-14-8-7-13-19(20)22-25-26-23-28(22)15-27(16-29-23)21(17-9-3-1-4-10-17)18-11-5-2-6-12-18/h1-14,21H,15-16H2. The second-order valence-corrected chi connectivity index (χ2v) is 8.26. The van der Waals surface area contributed by atoms with E-state index < -0.39 is 0 Å². The average Bonchev–Trinajstić information content (AvgIpc) is 3.19. The van der Waals surface area contributed by atoms with Crippen molar-refractivity contribution in [2.75, 3.05) is 5.88 Å². The van der Waals surface area contributed by atoms with Crippen molar-refractivity contribution in [1.29, 1.82) is 0 Å². The number of halogens is 1. The monoisotopic (exact) mass is 418 g/mol. The molecule has 1 aliphatic rings. The van der Waals surface area contributed by atoms with Gasteiger partial charge in [0, 0.05) is 5.56 Å². The molecule has 4 nitrogen and oxygen atoms in total. The van der Waals surface area contributed by atoms with Crippen LogP contribution < -0.4 is 0 Å². The van der Waals surface area contributed by atoms with Crippen LogP contribution in [0.3, 0.4) is 0 Å². The Hall–Kier alpha value is -2.60. The van der Waals surface area contributed by atoms with Crippen LogP contribution in [-0.4, -0.2) is 25.5 Å². The average molecular weight is 419 g/mol. The van der Waals surface area contributed by atoms with E-state index in [0.29, 0.717) is 11.7 Å². The Morgan fingerprint density at radius 2 is 1.41 bits per heavy atom. The molecule has 0 spiro atoms. The third-order valence-corrected chi connectivity index (χ3v) is 6.46. The van der Waals surface area contributed by atoms with Gasteiger partial charge in [-0.1, -0.05) is 96.2 Å². The Balaban J connectivity index is 1.55. The highest BCUT2D eigenvalue weighted by atomic mass is 35.5. The van der Waals surface area contributed by atoms with Gasteiger partial charge in [-0.15, -0.1) is 10.2 Å². The summed E-state index contributed by atoms with van der Waals surface area (Å²) in [6, 6.07) is 29.2. The molecule has 0 unspecified atom stereocenters. The van der Waals surface area contributed by atoms with Crippen LogP contribution in [0.4, 0.5) is 0 Å². The molecule has 1 aromatic heterocycles. The fourth-order valence-corrected chi connectivity index (χ4v) is 4.90. The second-order valence-electron chi connectivity index (χ2n) is 6.94. The SMILES string of the molecule is Clc1ccccc1-c1nnc2n1CN(C(c1ccccc1)c1ccccc1)CS2. The molecule has 0 saturated carbocycles. The smallest absolute Gasteiger partial charge is 0.193 e. The van der Waals surface area contributed by atoms with Gasteiger partial charge in [-0.2, -0.15) is 0 Å². The first kappa shape index (κ1) is 18.4. The molecule has 0 atom stereocenters. The molecule has 4 aromatic rings. The quantitative estimate of drug-likeness (QED) is 0.425. The minimum absolute atomic E-state index is 0.152. The van der Waals surface area contributed by atoms with Gasteiger partial charge >= 0.3 is 0 Å². The number of hydrogen-bond donors (Lipinski definition) is 0. The van der Waals surface area contributed by atoms with E-state index in [-0.39, 0.29) is 6.04 Å². The normalized spacial score (nSPS) is 14.1. The highest BCUT2D eigenvalue weighted by molar-refractivity contribution is 7.99. The zero-order chi connectivity index (χ0) is 19.6. The first-order valence-corrected chi connectivity index (χ1v) is 10.8. The minimum Gasteiger partial charge on any atom is -0.288 e. The number of thioether (sulfide) groups is 1. The van der Waals surface area contributed by atoms with Gasteiger partial charge in [0.25, 0.3) is 0 Å². The van der Waals surface area contributed by atoms with Crippen LogP contribution in [0, 0.1) is 0 Å². The zero-order valence-electron chi connectivity index (χ0n) is 15.6. The van der Waals surface area contributed by atoms with E-state index in [1.807, 2.05) is 24.3 Å². The lowest BCUT2D eigenvalue weighted by Crippen LogP contribution is -2.34. The van der Waals surface area contributed by atoms with Crippen molar-refractivity contribution in [3.8, 4) is 11.4 Å². The van der Waals surface area contributed by atoms with Crippen molar-refractivity contribution in [1.82, 2.24) is 19.7 Å². The van der Waals surface area contributed by atoms with Gasteiger partial charge in [0.15, 0.2) is 11.0 Å². The number of hydrogen-bond acceptors (Lipinski definition) is 4. The molecular weight excluding hydrogens is 400 g/mol. The summed E-state index contributed by atoms with van der Waals surface area (Å²) in [5.74, 6) is 1.65. The van der Waals surface area contributed by atoms with Gasteiger partial charge in [-0.05, 0) is 23.3 Å². The van der Waals surface area contributed by atoms with Gasteiger partial charge < -0.3 is 0 Å². The molecule has 2 heterocycles. The summed E-state index contributed by atoms with van der Waals surface area (Å²) in [4.78, 5) is 2.45. The van der Waals surface area contributed by atoms with Gasteiger partial charge in [0.05, 0.1) is 23.6 Å². The molecule has 0 radical (unpaired) electrons. The molecular formula is C23H19ClN4S. The maximum Gasteiger partial charge on any atom is 0.193 e. The highest BCUT2D eigenvalue weighted by Crippen LogP contribution is 2.37. The molecule has 5 rings (SSSR count). The summed E-state index contributed by atoms with van der Waals surface area (Å²) in [6.07, 6.45) is 0. The number of benzene rings is 3. The van der Waals surface area contributed by atoms with Gasteiger partial charge in [-0.3, -0.25) is 9.47 Å². The van der Waals surface area contributed by atoms with Crippen LogP contribution in [-0.2, 0) is 6.67 Å². The van der Waals surface area contributed by atoms with Crippen molar-refractivity contribution < 1.29 is 0 Å². The van der Waals surface area contributed by atoms with E-state index in [4.69, 9.17) is 11.6 Å². The molecule has 0 aliphatic carbocycles. The number of aromatic nitrogens is 3. The van der Waals surface area contributed by atoms with Crippen LogP contribution in [0.2, 0.25) is 5.02 Å². The molecule has 0 fully saturated rings. The lowest BCUT2D eigenvalue weighted by atomic mass is 9.98. The molecule has 6 heteroatoms. The van der Waals surface area contributed by atoms with Crippen molar-refractivity contribution in [2.24, 2.45) is 0 Å². The number of rotatable bonds is 4. The molecule has 3 aromatic carbocycles. The zero-order valence-corrected chi connectivity index (χ0v) is 17.2. The Morgan fingerprint density at radius 1 is 0.793 bits per heavy atom. The number of nitrogens with zero attached hydrogens (tertiary/aromatic N) is 4. The van der Waals surface area contributed by atoms with Crippen molar-refractivity contribution in [3.63, 3.8) is 0 Å². The van der Waals surface area contributed by atoms with E-state index in [0.717, 1.165) is 22.4 Å². The molecule has 0 N–H and O–H groups in total. The maximum atomic E-state index is 6.45. The van der Waals surface area contributed by atoms with Crippen LogP contribution in [0.5, 0.6) is 0 Å². The summed E-state index contributed by atoms with van der Waals surface area (Å²) in [6.45, 7) is 0.699. The lowest BCUT2D eigenvalue weighted by Gasteiger charge is -2.35. The molecule has 144 valence electrons. The molecule has 0 amide bonds. The summed E-state index contributed by atoms with van der Waals surface area (Å²) in [5.41, 5.74) is 3.46. The van der Waals surface area contributed by atoms with Crippen molar-refractivity contribution in [2.45, 2.75) is 17.9 Å². The largest absolute Gasteiger partial charge is 0.288 e. The topological polar surface area (TPSA) is 34.0 Å². The maximum absolute atomic E-state index is 6.45. The highest BCUT2D eigenvalue weighted by Gasteiger charge is 2.29. The first-order chi connectivity index (χ1) is 14.3. The molecule has 0 bridgehead atoms. The Labute approximate surface area is 179 Å². The van der Waals surface area contributed by atoms with Crippen molar-refractivity contribution >= 4 is 23.4 Å². The van der Waals surface area contributed by atoms with Crippen LogP contribution in [0.25, 0.3) is 11.4 Å². The summed E-state index contributed by atoms with van der Waals surface area (Å²) >= 11 is 8.16. The van der Waals surface area contributed by atoms with E-state index in [1.54, 1.807) is 11.8 Å². The van der Waals surface area contributed by atoms with Crippen LogP contribution >= 0.6 is 23.4 Å². The fraction of sp³-hybridized carbons (Fsp3) is 0.130. The Kier molecular flexibility index (Phi) is 5.10. The Bertz CT molecular complexity index is 1070. The van der Waals surface area contributed by atoms with Gasteiger partial charge in [0.2, 0.25) is 0 Å².